The topological polar surface area (TPSA) is 38.1 Å². The van der Waals surface area contributed by atoms with Crippen molar-refractivity contribution in [3.63, 3.8) is 0 Å². The van der Waals surface area contributed by atoms with Crippen LogP contribution in [0.3, 0.4) is 0 Å². The summed E-state index contributed by atoms with van der Waals surface area (Å²) in [6, 6.07) is 12.3. The maximum absolute atomic E-state index is 10.9. The van der Waals surface area contributed by atoms with Crippen LogP contribution in [0.2, 0.25) is 0 Å². The van der Waals surface area contributed by atoms with Gasteiger partial charge in [-0.05, 0) is 18.4 Å². The highest BCUT2D eigenvalue weighted by Gasteiger charge is 2.20. The molecule has 4 heteroatoms. The normalized spacial score (nSPS) is 17.5. The molecule has 0 bridgehead atoms. The first-order valence-electron chi connectivity index (χ1n) is 8.13. The molecule has 1 saturated heterocycles. The average molecular weight is 299 g/mol. The molecule has 1 fully saturated rings. The highest BCUT2D eigenvalue weighted by atomic mass is 16.1. The molecule has 4 nitrogen and oxygen atoms in total. The van der Waals surface area contributed by atoms with Gasteiger partial charge in [0.2, 0.25) is 0 Å². The number of hydrogen-bond acceptors (Lipinski definition) is 3. The highest BCUT2D eigenvalue weighted by molar-refractivity contribution is 5.56. The van der Waals surface area contributed by atoms with Gasteiger partial charge in [0, 0.05) is 31.3 Å². The Morgan fingerprint density at radius 2 is 2.00 bits per heavy atom. The Kier molecular flexibility index (Phi) is 6.19. The Morgan fingerprint density at radius 3 is 2.73 bits per heavy atom. The van der Waals surface area contributed by atoms with Gasteiger partial charge in [-0.3, -0.25) is 4.68 Å². The number of benzene rings is 1. The van der Waals surface area contributed by atoms with Gasteiger partial charge in [-0.25, -0.2) is 0 Å². The third-order valence-electron chi connectivity index (χ3n) is 3.79. The zero-order valence-corrected chi connectivity index (χ0v) is 13.5. The Hall–Kier alpha value is -2.10. The first-order chi connectivity index (χ1) is 10.8. The van der Waals surface area contributed by atoms with E-state index in [1.165, 1.54) is 5.56 Å². The van der Waals surface area contributed by atoms with Crippen LogP contribution < -0.4 is 4.90 Å². The number of carbonyl (C=O) groups is 1. The SMILES string of the molecule is CC.O=CC1CCCN(c2ccn(Cc3ccccc3)n2)C1. The zero-order chi connectivity index (χ0) is 15.8. The molecule has 1 atom stereocenters. The molecule has 1 aromatic carbocycles. The van der Waals surface area contributed by atoms with E-state index in [4.69, 9.17) is 0 Å². The van der Waals surface area contributed by atoms with Crippen LogP contribution in [-0.2, 0) is 11.3 Å². The van der Waals surface area contributed by atoms with Gasteiger partial charge in [0.1, 0.15) is 6.29 Å². The standard InChI is InChI=1S/C16H19N3O.C2H6/c20-13-15-7-4-9-18(11-15)16-8-10-19(17-16)12-14-5-2-1-3-6-14;1-2/h1-3,5-6,8,10,13,15H,4,7,9,11-12H2;1-2H3. The molecular formula is C18H25N3O. The van der Waals surface area contributed by atoms with Crippen LogP contribution in [0.5, 0.6) is 0 Å². The molecule has 0 N–H and O–H groups in total. The van der Waals surface area contributed by atoms with Gasteiger partial charge in [-0.1, -0.05) is 44.2 Å². The number of rotatable bonds is 4. The van der Waals surface area contributed by atoms with Crippen molar-refractivity contribution in [1.82, 2.24) is 9.78 Å². The van der Waals surface area contributed by atoms with Crippen molar-refractivity contribution in [3.8, 4) is 0 Å². The van der Waals surface area contributed by atoms with E-state index in [0.29, 0.717) is 0 Å². The first-order valence-corrected chi connectivity index (χ1v) is 8.13. The zero-order valence-electron chi connectivity index (χ0n) is 13.5. The highest BCUT2D eigenvalue weighted by Crippen LogP contribution is 2.20. The minimum absolute atomic E-state index is 0.156. The second kappa shape index (κ2) is 8.37. The predicted molar refractivity (Wildman–Crippen MR) is 90.1 cm³/mol. The maximum Gasteiger partial charge on any atom is 0.150 e. The number of nitrogens with zero attached hydrogens (tertiary/aromatic N) is 3. The molecule has 3 rings (SSSR count). The summed E-state index contributed by atoms with van der Waals surface area (Å²) in [4.78, 5) is 13.1. The Bertz CT molecular complexity index is 565. The van der Waals surface area contributed by atoms with Crippen LogP contribution in [0.1, 0.15) is 32.3 Å². The second-order valence-electron chi connectivity index (χ2n) is 5.34. The molecule has 1 aromatic heterocycles. The van der Waals surface area contributed by atoms with Crippen molar-refractivity contribution in [2.75, 3.05) is 18.0 Å². The molecule has 22 heavy (non-hydrogen) atoms. The Morgan fingerprint density at radius 1 is 1.23 bits per heavy atom. The van der Waals surface area contributed by atoms with E-state index in [0.717, 1.165) is 44.6 Å². The van der Waals surface area contributed by atoms with Crippen LogP contribution in [0.15, 0.2) is 42.6 Å². The van der Waals surface area contributed by atoms with Crippen molar-refractivity contribution in [1.29, 1.82) is 0 Å². The first kappa shape index (κ1) is 16.3. The Labute approximate surface area is 132 Å². The Balaban J connectivity index is 0.000000847. The summed E-state index contributed by atoms with van der Waals surface area (Å²) >= 11 is 0. The van der Waals surface area contributed by atoms with Crippen LogP contribution in [-0.4, -0.2) is 29.2 Å². The fourth-order valence-electron chi connectivity index (χ4n) is 2.71. The van der Waals surface area contributed by atoms with E-state index >= 15 is 0 Å². The van der Waals surface area contributed by atoms with Crippen LogP contribution >= 0.6 is 0 Å². The number of anilines is 1. The predicted octanol–water partition coefficient (Wildman–Crippen LogP) is 3.37. The van der Waals surface area contributed by atoms with E-state index in [1.54, 1.807) is 0 Å². The smallest absolute Gasteiger partial charge is 0.150 e. The van der Waals surface area contributed by atoms with Gasteiger partial charge in [0.15, 0.2) is 5.82 Å². The third kappa shape index (κ3) is 4.20. The molecule has 0 saturated carbocycles. The molecule has 1 aliphatic heterocycles. The summed E-state index contributed by atoms with van der Waals surface area (Å²) in [6.45, 7) is 6.57. The number of carbonyl (C=O) groups excluding carboxylic acids is 1. The van der Waals surface area contributed by atoms with Crippen molar-refractivity contribution in [2.24, 2.45) is 5.92 Å². The maximum atomic E-state index is 10.9. The van der Waals surface area contributed by atoms with Crippen molar-refractivity contribution < 1.29 is 4.79 Å². The van der Waals surface area contributed by atoms with Gasteiger partial charge in [-0.2, -0.15) is 5.10 Å². The van der Waals surface area contributed by atoms with Gasteiger partial charge >= 0.3 is 0 Å². The van der Waals surface area contributed by atoms with Crippen LogP contribution in [0, 0.1) is 5.92 Å². The second-order valence-corrected chi connectivity index (χ2v) is 5.34. The third-order valence-corrected chi connectivity index (χ3v) is 3.79. The molecule has 2 heterocycles. The number of aromatic nitrogens is 2. The molecule has 2 aromatic rings. The van der Waals surface area contributed by atoms with Gasteiger partial charge in [0.25, 0.3) is 0 Å². The van der Waals surface area contributed by atoms with Crippen molar-refractivity contribution >= 4 is 12.1 Å². The summed E-state index contributed by atoms with van der Waals surface area (Å²) in [5.41, 5.74) is 1.24. The minimum atomic E-state index is 0.156. The van der Waals surface area contributed by atoms with E-state index < -0.39 is 0 Å². The van der Waals surface area contributed by atoms with E-state index in [9.17, 15) is 4.79 Å². The number of aldehydes is 1. The summed E-state index contributed by atoms with van der Waals surface area (Å²) in [5, 5.41) is 4.62. The van der Waals surface area contributed by atoms with Crippen LogP contribution in [0.25, 0.3) is 0 Å². The van der Waals surface area contributed by atoms with Crippen molar-refractivity contribution in [3.05, 3.63) is 48.2 Å². The fourth-order valence-corrected chi connectivity index (χ4v) is 2.71. The summed E-state index contributed by atoms with van der Waals surface area (Å²) in [5.74, 6) is 1.13. The molecular weight excluding hydrogens is 274 g/mol. The van der Waals surface area contributed by atoms with E-state index in [2.05, 4.69) is 22.1 Å². The summed E-state index contributed by atoms with van der Waals surface area (Å²) in [6.07, 6.45) is 5.15. The molecule has 1 unspecified atom stereocenters. The largest absolute Gasteiger partial charge is 0.354 e. The summed E-state index contributed by atoms with van der Waals surface area (Å²) in [7, 11) is 0. The lowest BCUT2D eigenvalue weighted by Gasteiger charge is -2.30. The average Bonchev–Trinajstić information content (AvgIpc) is 3.06. The molecule has 0 spiro atoms. The molecule has 0 radical (unpaired) electrons. The molecule has 1 aliphatic rings. The minimum Gasteiger partial charge on any atom is -0.354 e. The van der Waals surface area contributed by atoms with Gasteiger partial charge in [-0.15, -0.1) is 0 Å². The lowest BCUT2D eigenvalue weighted by Crippen LogP contribution is -2.36. The fraction of sp³-hybridized carbons (Fsp3) is 0.444. The van der Waals surface area contributed by atoms with Gasteiger partial charge in [0.05, 0.1) is 6.54 Å². The van der Waals surface area contributed by atoms with Crippen molar-refractivity contribution in [2.45, 2.75) is 33.2 Å². The monoisotopic (exact) mass is 299 g/mol. The molecule has 0 aliphatic carbocycles. The van der Waals surface area contributed by atoms with E-state index in [1.807, 2.05) is 49.0 Å². The van der Waals surface area contributed by atoms with E-state index in [-0.39, 0.29) is 5.92 Å². The van der Waals surface area contributed by atoms with Gasteiger partial charge < -0.3 is 9.69 Å². The molecule has 118 valence electrons. The molecule has 0 amide bonds. The quantitative estimate of drug-likeness (QED) is 0.812. The lowest BCUT2D eigenvalue weighted by molar-refractivity contribution is -0.111. The summed E-state index contributed by atoms with van der Waals surface area (Å²) < 4.78 is 1.95. The number of hydrogen-bond donors (Lipinski definition) is 0. The lowest BCUT2D eigenvalue weighted by atomic mass is 10.00. The number of piperidine rings is 1. The van der Waals surface area contributed by atoms with Crippen LogP contribution in [0.4, 0.5) is 5.82 Å².